The van der Waals surface area contributed by atoms with Crippen molar-refractivity contribution in [2.45, 2.75) is 18.3 Å². The van der Waals surface area contributed by atoms with E-state index in [9.17, 15) is 4.79 Å². The van der Waals surface area contributed by atoms with Crippen LogP contribution in [0.25, 0.3) is 0 Å². The summed E-state index contributed by atoms with van der Waals surface area (Å²) in [4.78, 5) is 12.2. The zero-order valence-corrected chi connectivity index (χ0v) is 10.1. The average molecular weight is 259 g/mol. The van der Waals surface area contributed by atoms with Gasteiger partial charge in [-0.2, -0.15) is 0 Å². The Labute approximate surface area is 101 Å². The molecule has 7 heteroatoms. The monoisotopic (exact) mass is 259 g/mol. The molecule has 0 bridgehead atoms. The van der Waals surface area contributed by atoms with Gasteiger partial charge in [-0.25, -0.2) is 0 Å². The first-order chi connectivity index (χ1) is 7.44. The van der Waals surface area contributed by atoms with E-state index in [-0.39, 0.29) is 11.0 Å². The summed E-state index contributed by atoms with van der Waals surface area (Å²) in [5.41, 5.74) is 16.0. The molecule has 1 aliphatic heterocycles. The Morgan fingerprint density at radius 1 is 1.38 bits per heavy atom. The Hall–Kier alpha value is -0.600. The van der Waals surface area contributed by atoms with Crippen molar-refractivity contribution in [3.63, 3.8) is 0 Å². The van der Waals surface area contributed by atoms with Crippen LogP contribution in [0.15, 0.2) is 12.1 Å². The summed E-state index contributed by atoms with van der Waals surface area (Å²) in [5, 5.41) is 0.818. The maximum atomic E-state index is 11.1. The summed E-state index contributed by atoms with van der Waals surface area (Å²) in [6.07, 6.45) is 0.587. The molecule has 2 rings (SSSR count). The zero-order chi connectivity index (χ0) is 11.8. The topological polar surface area (TPSA) is 104 Å². The van der Waals surface area contributed by atoms with Crippen molar-refractivity contribution in [3.8, 4) is 5.06 Å². The number of nitrogens with two attached hydrogens (primary N) is 3. The molecule has 0 spiro atoms. The maximum Gasteiger partial charge on any atom is 0.272 e. The summed E-state index contributed by atoms with van der Waals surface area (Å²) in [7, 11) is 0. The van der Waals surface area contributed by atoms with Crippen LogP contribution in [0.2, 0.25) is 0 Å². The summed E-state index contributed by atoms with van der Waals surface area (Å²) in [6, 6.07) is 3.70. The van der Waals surface area contributed by atoms with E-state index in [1.807, 2.05) is 6.07 Å². The van der Waals surface area contributed by atoms with E-state index >= 15 is 0 Å². The Balaban J connectivity index is 2.05. The quantitative estimate of drug-likeness (QED) is 0.677. The van der Waals surface area contributed by atoms with Crippen LogP contribution in [0.4, 0.5) is 0 Å². The van der Waals surface area contributed by atoms with Crippen LogP contribution >= 0.6 is 23.1 Å². The molecule has 0 saturated carbocycles. The molecule has 0 amide bonds. The number of carbonyl (C=O) groups excluding carboxylic acids is 1. The van der Waals surface area contributed by atoms with Gasteiger partial charge < -0.3 is 4.74 Å². The van der Waals surface area contributed by atoms with Crippen LogP contribution in [0.5, 0.6) is 5.06 Å². The fourth-order valence-electron chi connectivity index (χ4n) is 1.48. The Bertz CT molecular complexity index is 400. The van der Waals surface area contributed by atoms with Gasteiger partial charge in [-0.1, -0.05) is 11.8 Å². The fraction of sp³-hybridized carbons (Fsp3) is 0.444. The highest BCUT2D eigenvalue weighted by Crippen LogP contribution is 2.39. The van der Waals surface area contributed by atoms with E-state index in [1.165, 1.54) is 23.1 Å². The van der Waals surface area contributed by atoms with Gasteiger partial charge in [-0.05, 0) is 12.1 Å². The standard InChI is InChI=1S/C9H13N3O2S2/c10-9(11,12)14-8-2-1-6(16-8)5-3-7(13)15-4-5/h1-2,5H,3-4,10-12H2. The van der Waals surface area contributed by atoms with Gasteiger partial charge in [0.2, 0.25) is 0 Å². The number of thioether (sulfide) groups is 1. The van der Waals surface area contributed by atoms with Crippen LogP contribution in [-0.2, 0) is 4.79 Å². The maximum absolute atomic E-state index is 11.1. The van der Waals surface area contributed by atoms with Gasteiger partial charge in [-0.3, -0.25) is 22.0 Å². The average Bonchev–Trinajstić information content (AvgIpc) is 2.71. The van der Waals surface area contributed by atoms with E-state index in [0.29, 0.717) is 11.5 Å². The minimum Gasteiger partial charge on any atom is -0.437 e. The van der Waals surface area contributed by atoms with Gasteiger partial charge in [0.15, 0.2) is 10.2 Å². The normalized spacial score (nSPS) is 21.4. The van der Waals surface area contributed by atoms with Gasteiger partial charge in [0.25, 0.3) is 5.97 Å². The lowest BCUT2D eigenvalue weighted by molar-refractivity contribution is -0.110. The lowest BCUT2D eigenvalue weighted by Crippen LogP contribution is -2.62. The van der Waals surface area contributed by atoms with Crippen LogP contribution < -0.4 is 21.9 Å². The summed E-state index contributed by atoms with van der Waals surface area (Å²) in [5.74, 6) is -0.539. The van der Waals surface area contributed by atoms with Crippen molar-refractivity contribution in [1.82, 2.24) is 0 Å². The minimum atomic E-state index is -1.65. The zero-order valence-electron chi connectivity index (χ0n) is 8.51. The highest BCUT2D eigenvalue weighted by molar-refractivity contribution is 8.14. The number of hydrogen-bond donors (Lipinski definition) is 3. The smallest absolute Gasteiger partial charge is 0.272 e. The van der Waals surface area contributed by atoms with E-state index in [4.69, 9.17) is 21.9 Å². The highest BCUT2D eigenvalue weighted by atomic mass is 32.2. The SMILES string of the molecule is NC(N)(N)Oc1ccc(C2CSC(=O)C2)s1. The molecular weight excluding hydrogens is 246 g/mol. The fourth-order valence-corrected chi connectivity index (χ4v) is 3.61. The molecule has 0 aliphatic carbocycles. The minimum absolute atomic E-state index is 0.242. The number of hydrogen-bond acceptors (Lipinski definition) is 7. The molecular formula is C9H13N3O2S2. The Morgan fingerprint density at radius 3 is 2.69 bits per heavy atom. The molecule has 1 atom stereocenters. The molecule has 1 aromatic heterocycles. The molecule has 1 saturated heterocycles. The summed E-state index contributed by atoms with van der Waals surface area (Å²) >= 11 is 2.81. The van der Waals surface area contributed by atoms with Crippen molar-refractivity contribution >= 4 is 28.2 Å². The molecule has 1 aromatic rings. The third-order valence-electron chi connectivity index (χ3n) is 2.14. The second-order valence-electron chi connectivity index (χ2n) is 3.70. The van der Waals surface area contributed by atoms with Gasteiger partial charge in [0.05, 0.1) is 0 Å². The van der Waals surface area contributed by atoms with Gasteiger partial charge in [0, 0.05) is 23.0 Å². The van der Waals surface area contributed by atoms with Crippen LogP contribution in [0.1, 0.15) is 17.2 Å². The first-order valence-electron chi connectivity index (χ1n) is 4.75. The van der Waals surface area contributed by atoms with Crippen molar-refractivity contribution in [1.29, 1.82) is 0 Å². The largest absolute Gasteiger partial charge is 0.437 e. The predicted octanol–water partition coefficient (Wildman–Crippen LogP) is 0.361. The molecule has 0 aromatic carbocycles. The van der Waals surface area contributed by atoms with E-state index in [1.54, 1.807) is 6.07 Å². The van der Waals surface area contributed by atoms with Gasteiger partial charge in [0.1, 0.15) is 0 Å². The Kier molecular flexibility index (Phi) is 3.22. The van der Waals surface area contributed by atoms with Gasteiger partial charge in [-0.15, -0.1) is 11.3 Å². The third-order valence-corrected chi connectivity index (χ3v) is 4.32. The Morgan fingerprint density at radius 2 is 2.12 bits per heavy atom. The molecule has 88 valence electrons. The lowest BCUT2D eigenvalue weighted by Gasteiger charge is -2.18. The molecule has 2 heterocycles. The van der Waals surface area contributed by atoms with Crippen molar-refractivity contribution in [2.75, 3.05) is 5.75 Å². The number of carbonyl (C=O) groups is 1. The molecule has 1 aliphatic rings. The highest BCUT2D eigenvalue weighted by Gasteiger charge is 2.26. The molecule has 1 unspecified atom stereocenters. The lowest BCUT2D eigenvalue weighted by atomic mass is 10.1. The summed E-state index contributed by atoms with van der Waals surface area (Å²) < 4.78 is 5.13. The third kappa shape index (κ3) is 2.96. The van der Waals surface area contributed by atoms with E-state index in [2.05, 4.69) is 0 Å². The number of thiophene rings is 1. The van der Waals surface area contributed by atoms with Crippen molar-refractivity contribution in [3.05, 3.63) is 17.0 Å². The van der Waals surface area contributed by atoms with Crippen molar-refractivity contribution in [2.24, 2.45) is 17.2 Å². The first-order valence-corrected chi connectivity index (χ1v) is 6.55. The second kappa shape index (κ2) is 4.34. The van der Waals surface area contributed by atoms with E-state index < -0.39 is 5.97 Å². The summed E-state index contributed by atoms with van der Waals surface area (Å²) in [6.45, 7) is 0. The van der Waals surface area contributed by atoms with Gasteiger partial charge >= 0.3 is 0 Å². The van der Waals surface area contributed by atoms with Crippen molar-refractivity contribution < 1.29 is 9.53 Å². The van der Waals surface area contributed by atoms with E-state index in [0.717, 1.165) is 10.6 Å². The molecule has 0 radical (unpaired) electrons. The first kappa shape index (κ1) is 11.9. The van der Waals surface area contributed by atoms with Crippen LogP contribution in [-0.4, -0.2) is 16.8 Å². The molecule has 1 fully saturated rings. The molecule has 16 heavy (non-hydrogen) atoms. The predicted molar refractivity (Wildman–Crippen MR) is 65.1 cm³/mol. The molecule has 6 N–H and O–H groups in total. The number of ether oxygens (including phenoxy) is 1. The van der Waals surface area contributed by atoms with Crippen LogP contribution in [0, 0.1) is 0 Å². The molecule has 5 nitrogen and oxygen atoms in total. The van der Waals surface area contributed by atoms with Crippen LogP contribution in [0.3, 0.4) is 0 Å². The second-order valence-corrected chi connectivity index (χ2v) is 5.85. The number of rotatable bonds is 3.